The van der Waals surface area contributed by atoms with Crippen LogP contribution >= 0.6 is 11.6 Å². The molecule has 2 aromatic heterocycles. The molecule has 3 rings (SSSR count). The molecule has 3 aromatic rings. The standard InChI is InChI=1S/C16H13ClFN3.C10H21N.C2H4O/c1-10(11(2)14-7-13(17)4-5-15(14)18)12-3-6-16-19-9-20-21(16)8-12;1-5-7-8-9-11(4)10(3)6-2;1-2-3/h3-9H,1-2H3;6H,5,7-9H2,1-4H3;2H,1H3/b11-10-;10-6+;. The van der Waals surface area contributed by atoms with Gasteiger partial charge in [-0.05, 0) is 88.1 Å². The van der Waals surface area contributed by atoms with Crippen LogP contribution in [-0.4, -0.2) is 39.4 Å². The second kappa shape index (κ2) is 15.8. The lowest BCUT2D eigenvalue weighted by atomic mass is 9.98. The lowest BCUT2D eigenvalue weighted by Crippen LogP contribution is -2.16. The van der Waals surface area contributed by atoms with Crippen molar-refractivity contribution in [2.75, 3.05) is 13.6 Å². The highest BCUT2D eigenvalue weighted by atomic mass is 35.5. The van der Waals surface area contributed by atoms with E-state index in [0.29, 0.717) is 10.6 Å². The van der Waals surface area contributed by atoms with E-state index in [2.05, 4.69) is 48.9 Å². The van der Waals surface area contributed by atoms with E-state index in [4.69, 9.17) is 16.4 Å². The number of pyridine rings is 1. The van der Waals surface area contributed by atoms with Crippen molar-refractivity contribution in [3.05, 3.63) is 76.6 Å². The van der Waals surface area contributed by atoms with E-state index in [1.807, 2.05) is 32.2 Å². The fraction of sp³-hybridized carbons (Fsp3) is 0.393. The number of carbonyl (C=O) groups is 1. The van der Waals surface area contributed by atoms with Crippen molar-refractivity contribution in [1.29, 1.82) is 0 Å². The first-order chi connectivity index (χ1) is 16.7. The molecule has 0 aliphatic carbocycles. The molecular weight excluding hydrogens is 463 g/mol. The Kier molecular flexibility index (Phi) is 13.6. The molecule has 0 N–H and O–H groups in total. The number of unbranched alkanes of at least 4 members (excludes halogenated alkanes) is 2. The van der Waals surface area contributed by atoms with E-state index in [1.54, 1.807) is 16.6 Å². The van der Waals surface area contributed by atoms with Crippen LogP contribution in [0.25, 0.3) is 16.8 Å². The van der Waals surface area contributed by atoms with E-state index < -0.39 is 0 Å². The molecule has 0 radical (unpaired) electrons. The highest BCUT2D eigenvalue weighted by Gasteiger charge is 2.10. The van der Waals surface area contributed by atoms with Gasteiger partial charge in [-0.3, -0.25) is 0 Å². The third-order valence-electron chi connectivity index (χ3n) is 5.72. The molecule has 5 nitrogen and oxygen atoms in total. The molecule has 0 amide bonds. The van der Waals surface area contributed by atoms with Crippen LogP contribution in [-0.2, 0) is 4.79 Å². The number of aromatic nitrogens is 3. The summed E-state index contributed by atoms with van der Waals surface area (Å²) < 4.78 is 15.7. The molecule has 0 spiro atoms. The van der Waals surface area contributed by atoms with Gasteiger partial charge >= 0.3 is 0 Å². The number of rotatable bonds is 7. The maximum absolute atomic E-state index is 14.0. The Bertz CT molecular complexity index is 1140. The van der Waals surface area contributed by atoms with Crippen LogP contribution in [0.3, 0.4) is 0 Å². The molecule has 35 heavy (non-hydrogen) atoms. The Morgan fingerprint density at radius 3 is 2.43 bits per heavy atom. The Morgan fingerprint density at radius 2 is 1.80 bits per heavy atom. The van der Waals surface area contributed by atoms with Crippen LogP contribution in [0, 0.1) is 5.82 Å². The highest BCUT2D eigenvalue weighted by molar-refractivity contribution is 6.30. The molecule has 2 heterocycles. The van der Waals surface area contributed by atoms with Crippen molar-refractivity contribution in [3.63, 3.8) is 0 Å². The second-order valence-electron chi connectivity index (χ2n) is 8.15. The van der Waals surface area contributed by atoms with Gasteiger partial charge in [0.15, 0.2) is 5.65 Å². The van der Waals surface area contributed by atoms with Crippen molar-refractivity contribution >= 4 is 34.7 Å². The lowest BCUT2D eigenvalue weighted by molar-refractivity contribution is -0.106. The average molecular weight is 501 g/mol. The monoisotopic (exact) mass is 500 g/mol. The minimum Gasteiger partial charge on any atom is -0.378 e. The van der Waals surface area contributed by atoms with E-state index in [-0.39, 0.29) is 5.82 Å². The van der Waals surface area contributed by atoms with Gasteiger partial charge in [-0.1, -0.05) is 37.4 Å². The number of hydrogen-bond acceptors (Lipinski definition) is 4. The molecule has 190 valence electrons. The van der Waals surface area contributed by atoms with E-state index in [1.165, 1.54) is 50.8 Å². The zero-order valence-electron chi connectivity index (χ0n) is 22.0. The Balaban J connectivity index is 0.000000371. The predicted octanol–water partition coefficient (Wildman–Crippen LogP) is 7.71. The Labute approximate surface area is 214 Å². The molecule has 7 heteroatoms. The number of allylic oxidation sites excluding steroid dienone is 4. The first kappa shape index (κ1) is 30.0. The van der Waals surface area contributed by atoms with Crippen LogP contribution in [0.5, 0.6) is 0 Å². The van der Waals surface area contributed by atoms with Gasteiger partial charge in [0.1, 0.15) is 18.4 Å². The maximum atomic E-state index is 14.0. The molecular formula is C28H38ClFN4O. The summed E-state index contributed by atoms with van der Waals surface area (Å²) in [6, 6.07) is 8.40. The summed E-state index contributed by atoms with van der Waals surface area (Å²) in [5, 5.41) is 4.63. The zero-order chi connectivity index (χ0) is 26.4. The van der Waals surface area contributed by atoms with Gasteiger partial charge in [0, 0.05) is 36.1 Å². The molecule has 0 unspecified atom stereocenters. The number of halogens is 2. The first-order valence-corrected chi connectivity index (χ1v) is 12.2. The maximum Gasteiger partial charge on any atom is 0.155 e. The first-order valence-electron chi connectivity index (χ1n) is 11.9. The SMILES string of the molecule is C/C(=C(\C)c1cc(Cl)ccc1F)c1ccc2ncnn2c1.C/C=C(\C)N(C)CCCCC.CC=O. The van der Waals surface area contributed by atoms with Crippen LogP contribution in [0.15, 0.2) is 54.6 Å². The van der Waals surface area contributed by atoms with Crippen molar-refractivity contribution in [2.45, 2.75) is 60.8 Å². The van der Waals surface area contributed by atoms with Crippen molar-refractivity contribution in [3.8, 4) is 0 Å². The second-order valence-corrected chi connectivity index (χ2v) is 8.59. The molecule has 0 aliphatic rings. The summed E-state index contributed by atoms with van der Waals surface area (Å²) in [5.41, 5.74) is 5.44. The topological polar surface area (TPSA) is 50.5 Å². The Morgan fingerprint density at radius 1 is 1.11 bits per heavy atom. The predicted molar refractivity (Wildman–Crippen MR) is 146 cm³/mol. The van der Waals surface area contributed by atoms with Gasteiger partial charge in [-0.2, -0.15) is 5.10 Å². The summed E-state index contributed by atoms with van der Waals surface area (Å²) in [7, 11) is 2.16. The average Bonchev–Trinajstić information content (AvgIpc) is 3.33. The summed E-state index contributed by atoms with van der Waals surface area (Å²) >= 11 is 5.96. The fourth-order valence-electron chi connectivity index (χ4n) is 3.24. The minimum atomic E-state index is -0.280. The highest BCUT2D eigenvalue weighted by Crippen LogP contribution is 2.29. The van der Waals surface area contributed by atoms with Gasteiger partial charge in [0.2, 0.25) is 0 Å². The van der Waals surface area contributed by atoms with Crippen LogP contribution < -0.4 is 0 Å². The summed E-state index contributed by atoms with van der Waals surface area (Å²) in [6.07, 6.45) is 10.3. The molecule has 0 saturated heterocycles. The molecule has 0 bridgehead atoms. The van der Waals surface area contributed by atoms with Gasteiger partial charge in [0.05, 0.1) is 0 Å². The number of fused-ring (bicyclic) bond motifs is 1. The zero-order valence-corrected chi connectivity index (χ0v) is 22.7. The normalized spacial score (nSPS) is 11.6. The Hall–Kier alpha value is -2.99. The summed E-state index contributed by atoms with van der Waals surface area (Å²) in [5.74, 6) is -0.280. The molecule has 0 atom stereocenters. The molecule has 0 fully saturated rings. The van der Waals surface area contributed by atoms with E-state index >= 15 is 0 Å². The van der Waals surface area contributed by atoms with E-state index in [0.717, 1.165) is 28.6 Å². The number of hydrogen-bond donors (Lipinski definition) is 0. The van der Waals surface area contributed by atoms with Crippen LogP contribution in [0.2, 0.25) is 5.02 Å². The number of nitrogens with zero attached hydrogens (tertiary/aromatic N) is 4. The lowest BCUT2D eigenvalue weighted by Gasteiger charge is -2.19. The van der Waals surface area contributed by atoms with Crippen molar-refractivity contribution in [2.24, 2.45) is 0 Å². The van der Waals surface area contributed by atoms with Gasteiger partial charge < -0.3 is 9.69 Å². The quantitative estimate of drug-likeness (QED) is 0.246. The molecule has 1 aromatic carbocycles. The minimum absolute atomic E-state index is 0.280. The fourth-order valence-corrected chi connectivity index (χ4v) is 3.41. The molecule has 0 aliphatic heterocycles. The van der Waals surface area contributed by atoms with E-state index in [9.17, 15) is 4.39 Å². The van der Waals surface area contributed by atoms with Crippen molar-refractivity contribution < 1.29 is 9.18 Å². The molecule has 0 saturated carbocycles. The summed E-state index contributed by atoms with van der Waals surface area (Å²) in [4.78, 5) is 15.2. The van der Waals surface area contributed by atoms with Gasteiger partial charge in [0.25, 0.3) is 0 Å². The number of carbonyl (C=O) groups excluding carboxylic acids is 1. The third kappa shape index (κ3) is 9.65. The summed E-state index contributed by atoms with van der Waals surface area (Å²) in [6.45, 7) is 13.0. The van der Waals surface area contributed by atoms with Crippen LogP contribution in [0.1, 0.15) is 71.9 Å². The van der Waals surface area contributed by atoms with Gasteiger partial charge in [-0.15, -0.1) is 0 Å². The van der Waals surface area contributed by atoms with Crippen molar-refractivity contribution in [1.82, 2.24) is 19.5 Å². The number of benzene rings is 1. The van der Waals surface area contributed by atoms with Crippen LogP contribution in [0.4, 0.5) is 4.39 Å². The number of aldehydes is 1. The van der Waals surface area contributed by atoms with Gasteiger partial charge in [-0.25, -0.2) is 13.9 Å². The largest absolute Gasteiger partial charge is 0.378 e. The smallest absolute Gasteiger partial charge is 0.155 e. The third-order valence-corrected chi connectivity index (χ3v) is 5.95.